The molecule has 0 aromatic heterocycles. The minimum atomic E-state index is -3.96. The number of Topliss-reactive ketones (excluding diaryl/α,β-unsaturated/α-hetero) is 1. The van der Waals surface area contributed by atoms with Crippen LogP contribution in [-0.4, -0.2) is 32.4 Å². The van der Waals surface area contributed by atoms with Gasteiger partial charge in [0, 0.05) is 0 Å². The summed E-state index contributed by atoms with van der Waals surface area (Å²) in [4.78, 5) is 23.6. The maximum atomic E-state index is 12.0. The van der Waals surface area contributed by atoms with Crippen LogP contribution < -0.4 is 0 Å². The van der Waals surface area contributed by atoms with E-state index in [9.17, 15) is 18.0 Å². The van der Waals surface area contributed by atoms with Crippen molar-refractivity contribution < 1.29 is 26.9 Å². The second kappa shape index (κ2) is 5.83. The SMILES string of the molecule is C=CS(=O)(=O)OCC(C)(C(C)=O)C(=O)OC(C)(C)C. The minimum absolute atomic E-state index is 0.541. The summed E-state index contributed by atoms with van der Waals surface area (Å²) in [5.41, 5.74) is -2.46. The number of ether oxygens (including phenoxy) is 1. The highest BCUT2D eigenvalue weighted by atomic mass is 32.2. The van der Waals surface area contributed by atoms with Crippen molar-refractivity contribution in [2.75, 3.05) is 6.61 Å². The lowest BCUT2D eigenvalue weighted by molar-refractivity contribution is -0.170. The highest BCUT2D eigenvalue weighted by molar-refractivity contribution is 7.89. The van der Waals surface area contributed by atoms with Gasteiger partial charge in [-0.2, -0.15) is 8.42 Å². The fourth-order valence-corrected chi connectivity index (χ4v) is 1.44. The molecule has 0 spiro atoms. The van der Waals surface area contributed by atoms with Crippen LogP contribution in [0.25, 0.3) is 0 Å². The van der Waals surface area contributed by atoms with E-state index < -0.39 is 39.5 Å². The summed E-state index contributed by atoms with van der Waals surface area (Å²) in [5.74, 6) is -1.37. The number of carbonyl (C=O) groups excluding carboxylic acids is 2. The molecule has 0 N–H and O–H groups in total. The molecule has 0 rings (SSSR count). The summed E-state index contributed by atoms with van der Waals surface area (Å²) in [7, 11) is -3.96. The van der Waals surface area contributed by atoms with Crippen LogP contribution in [0.3, 0.4) is 0 Å². The zero-order chi connectivity index (χ0) is 15.5. The minimum Gasteiger partial charge on any atom is -0.459 e. The van der Waals surface area contributed by atoms with Gasteiger partial charge in [-0.25, -0.2) is 0 Å². The second-order valence-electron chi connectivity index (χ2n) is 5.31. The number of ketones is 1. The van der Waals surface area contributed by atoms with Crippen molar-refractivity contribution in [3.63, 3.8) is 0 Å². The maximum absolute atomic E-state index is 12.0. The van der Waals surface area contributed by atoms with Crippen molar-refractivity contribution >= 4 is 21.9 Å². The van der Waals surface area contributed by atoms with Crippen LogP contribution in [0.4, 0.5) is 0 Å². The molecule has 0 aliphatic carbocycles. The molecular weight excluding hydrogens is 272 g/mol. The van der Waals surface area contributed by atoms with Gasteiger partial charge in [0.1, 0.15) is 16.8 Å². The van der Waals surface area contributed by atoms with E-state index in [0.29, 0.717) is 5.41 Å². The van der Waals surface area contributed by atoms with Crippen molar-refractivity contribution in [2.45, 2.75) is 40.2 Å². The summed E-state index contributed by atoms with van der Waals surface area (Å²) < 4.78 is 32.0. The lowest BCUT2D eigenvalue weighted by Gasteiger charge is -2.28. The summed E-state index contributed by atoms with van der Waals surface area (Å²) in [5, 5.41) is 0.600. The topological polar surface area (TPSA) is 86.7 Å². The molecule has 1 atom stereocenters. The third-order valence-corrected chi connectivity index (χ3v) is 3.20. The van der Waals surface area contributed by atoms with Crippen LogP contribution in [0, 0.1) is 5.41 Å². The molecule has 0 amide bonds. The molecule has 0 radical (unpaired) electrons. The number of carbonyl (C=O) groups is 2. The average Bonchev–Trinajstić information content (AvgIpc) is 2.23. The lowest BCUT2D eigenvalue weighted by atomic mass is 9.87. The Bertz CT molecular complexity index is 471. The summed E-state index contributed by atoms with van der Waals surface area (Å²) in [6.07, 6.45) is 0. The smallest absolute Gasteiger partial charge is 0.322 e. The zero-order valence-electron chi connectivity index (χ0n) is 11.8. The first-order valence-corrected chi connectivity index (χ1v) is 7.07. The van der Waals surface area contributed by atoms with E-state index >= 15 is 0 Å². The molecule has 0 heterocycles. The number of hydrogen-bond donors (Lipinski definition) is 0. The fourth-order valence-electron chi connectivity index (χ4n) is 0.943. The van der Waals surface area contributed by atoms with E-state index in [1.165, 1.54) is 13.8 Å². The predicted molar refractivity (Wildman–Crippen MR) is 69.7 cm³/mol. The van der Waals surface area contributed by atoms with E-state index in [4.69, 9.17) is 4.74 Å². The van der Waals surface area contributed by atoms with E-state index in [1.807, 2.05) is 0 Å². The molecule has 7 heteroatoms. The van der Waals surface area contributed by atoms with Gasteiger partial charge in [-0.1, -0.05) is 6.58 Å². The first-order valence-electron chi connectivity index (χ1n) is 5.60. The molecule has 0 saturated carbocycles. The third-order valence-electron chi connectivity index (χ3n) is 2.34. The normalized spacial score (nSPS) is 15.4. The molecule has 0 saturated heterocycles. The quantitative estimate of drug-likeness (QED) is 0.418. The van der Waals surface area contributed by atoms with Gasteiger partial charge in [0.25, 0.3) is 10.1 Å². The summed E-state index contributed by atoms with van der Waals surface area (Å²) in [6, 6.07) is 0. The average molecular weight is 292 g/mol. The molecule has 0 aliphatic rings. The maximum Gasteiger partial charge on any atom is 0.322 e. The summed E-state index contributed by atoms with van der Waals surface area (Å²) in [6.45, 7) is 9.84. The Morgan fingerprint density at radius 3 is 2.00 bits per heavy atom. The standard InChI is InChI=1S/C12H20O6S/c1-7-19(15,16)17-8-12(6,9(2)13)10(14)18-11(3,4)5/h7H,1,8H2,2-6H3. The Morgan fingerprint density at radius 1 is 1.21 bits per heavy atom. The molecule has 0 aromatic carbocycles. The first-order chi connectivity index (χ1) is 8.34. The largest absolute Gasteiger partial charge is 0.459 e. The van der Waals surface area contributed by atoms with Crippen molar-refractivity contribution in [3.05, 3.63) is 12.0 Å². The van der Waals surface area contributed by atoms with Crippen LogP contribution in [-0.2, 0) is 28.6 Å². The Morgan fingerprint density at radius 2 is 1.68 bits per heavy atom. The highest BCUT2D eigenvalue weighted by Crippen LogP contribution is 2.24. The van der Waals surface area contributed by atoms with E-state index in [1.54, 1.807) is 20.8 Å². The van der Waals surface area contributed by atoms with Crippen LogP contribution in [0.15, 0.2) is 12.0 Å². The third kappa shape index (κ3) is 5.52. The Labute approximate surface area is 113 Å². The Kier molecular flexibility index (Phi) is 5.46. The van der Waals surface area contributed by atoms with Crippen LogP contribution in [0.5, 0.6) is 0 Å². The Hall–Kier alpha value is -1.21. The molecule has 0 aromatic rings. The first kappa shape index (κ1) is 17.8. The van der Waals surface area contributed by atoms with Crippen molar-refractivity contribution in [1.82, 2.24) is 0 Å². The van der Waals surface area contributed by atoms with Gasteiger partial charge in [0.2, 0.25) is 0 Å². The van der Waals surface area contributed by atoms with Crippen molar-refractivity contribution in [1.29, 1.82) is 0 Å². The zero-order valence-corrected chi connectivity index (χ0v) is 12.7. The fraction of sp³-hybridized carbons (Fsp3) is 0.667. The van der Waals surface area contributed by atoms with E-state index in [2.05, 4.69) is 10.8 Å². The van der Waals surface area contributed by atoms with Crippen molar-refractivity contribution in [2.24, 2.45) is 5.41 Å². The van der Waals surface area contributed by atoms with Gasteiger partial charge in [-0.15, -0.1) is 0 Å². The lowest BCUT2D eigenvalue weighted by Crippen LogP contribution is -2.44. The van der Waals surface area contributed by atoms with Crippen molar-refractivity contribution in [3.8, 4) is 0 Å². The number of rotatable bonds is 6. The molecule has 110 valence electrons. The van der Waals surface area contributed by atoms with Gasteiger partial charge in [-0.05, 0) is 34.6 Å². The molecule has 0 aliphatic heterocycles. The van der Waals surface area contributed by atoms with Crippen LogP contribution in [0.2, 0.25) is 0 Å². The molecular formula is C12H20O6S. The molecule has 1 unspecified atom stereocenters. The summed E-state index contributed by atoms with van der Waals surface area (Å²) >= 11 is 0. The molecule has 0 fully saturated rings. The van der Waals surface area contributed by atoms with Gasteiger partial charge in [0.05, 0.1) is 12.0 Å². The van der Waals surface area contributed by atoms with Gasteiger partial charge in [-0.3, -0.25) is 13.8 Å². The number of esters is 1. The van der Waals surface area contributed by atoms with E-state index in [0.717, 1.165) is 0 Å². The van der Waals surface area contributed by atoms with Gasteiger partial charge in [0.15, 0.2) is 0 Å². The molecule has 19 heavy (non-hydrogen) atoms. The highest BCUT2D eigenvalue weighted by Gasteiger charge is 2.43. The van der Waals surface area contributed by atoms with Crippen LogP contribution in [0.1, 0.15) is 34.6 Å². The molecule has 0 bridgehead atoms. The van der Waals surface area contributed by atoms with Crippen LogP contribution >= 0.6 is 0 Å². The Balaban J connectivity index is 5.12. The molecule has 6 nitrogen and oxygen atoms in total. The monoisotopic (exact) mass is 292 g/mol. The van der Waals surface area contributed by atoms with E-state index in [-0.39, 0.29) is 0 Å². The second-order valence-corrected chi connectivity index (χ2v) is 6.87. The van der Waals surface area contributed by atoms with Gasteiger partial charge < -0.3 is 4.74 Å². The number of hydrogen-bond acceptors (Lipinski definition) is 6. The predicted octanol–water partition coefficient (Wildman–Crippen LogP) is 1.41. The van der Waals surface area contributed by atoms with Gasteiger partial charge >= 0.3 is 5.97 Å².